The van der Waals surface area contributed by atoms with E-state index in [1.807, 2.05) is 6.92 Å². The number of nitrogens with two attached hydrogens (primary N) is 1. The maximum Gasteiger partial charge on any atom is 0.137 e. The molecule has 0 spiro atoms. The lowest BCUT2D eigenvalue weighted by atomic mass is 10.3. The summed E-state index contributed by atoms with van der Waals surface area (Å²) in [6.45, 7) is 1.84. The fraction of sp³-hybridized carbons (Fsp3) is 0.0833. The molecule has 1 aromatic heterocycles. The minimum atomic E-state index is -0.471. The minimum absolute atomic E-state index is 0.210. The summed E-state index contributed by atoms with van der Waals surface area (Å²) in [6, 6.07) is 5.07. The van der Waals surface area contributed by atoms with Gasteiger partial charge in [-0.2, -0.15) is 0 Å². The normalized spacial score (nSPS) is 10.5. The quantitative estimate of drug-likeness (QED) is 0.890. The Balaban J connectivity index is 2.31. The van der Waals surface area contributed by atoms with E-state index in [0.29, 0.717) is 10.7 Å². The molecular formula is C12H10F2N2S. The summed E-state index contributed by atoms with van der Waals surface area (Å²) in [7, 11) is 0. The second kappa shape index (κ2) is 4.71. The smallest absolute Gasteiger partial charge is 0.137 e. The number of hydrogen-bond donors (Lipinski definition) is 1. The summed E-state index contributed by atoms with van der Waals surface area (Å²) in [6.07, 6.45) is 1.51. The average Bonchev–Trinajstić information content (AvgIpc) is 2.29. The van der Waals surface area contributed by atoms with Crippen LogP contribution in [0.5, 0.6) is 0 Å². The molecule has 0 fully saturated rings. The van der Waals surface area contributed by atoms with Crippen LogP contribution >= 0.6 is 11.8 Å². The molecule has 0 radical (unpaired) electrons. The minimum Gasteiger partial charge on any atom is -0.397 e. The molecule has 0 aliphatic heterocycles. The largest absolute Gasteiger partial charge is 0.397 e. The van der Waals surface area contributed by atoms with Crippen molar-refractivity contribution in [1.82, 2.24) is 4.98 Å². The Morgan fingerprint density at radius 2 is 2.00 bits per heavy atom. The first-order valence-electron chi connectivity index (χ1n) is 4.91. The van der Waals surface area contributed by atoms with E-state index in [0.717, 1.165) is 35.5 Å². The van der Waals surface area contributed by atoms with Gasteiger partial charge in [0, 0.05) is 0 Å². The maximum absolute atomic E-state index is 13.4. The Kier molecular flexibility index (Phi) is 3.28. The monoisotopic (exact) mass is 252 g/mol. The Hall–Kier alpha value is -1.62. The van der Waals surface area contributed by atoms with Gasteiger partial charge in [0.05, 0.1) is 16.8 Å². The van der Waals surface area contributed by atoms with Gasteiger partial charge in [-0.05, 0) is 36.8 Å². The first kappa shape index (κ1) is 11.9. The number of aromatic nitrogens is 1. The van der Waals surface area contributed by atoms with Gasteiger partial charge in [0.1, 0.15) is 16.7 Å². The molecular weight excluding hydrogens is 242 g/mol. The van der Waals surface area contributed by atoms with Crippen molar-refractivity contribution in [2.75, 3.05) is 5.73 Å². The molecule has 1 aromatic carbocycles. The molecule has 2 rings (SSSR count). The molecule has 0 amide bonds. The van der Waals surface area contributed by atoms with Gasteiger partial charge in [-0.15, -0.1) is 0 Å². The molecule has 17 heavy (non-hydrogen) atoms. The highest BCUT2D eigenvalue weighted by atomic mass is 32.2. The van der Waals surface area contributed by atoms with Crippen molar-refractivity contribution in [3.63, 3.8) is 0 Å². The van der Waals surface area contributed by atoms with E-state index >= 15 is 0 Å². The number of hydrogen-bond acceptors (Lipinski definition) is 3. The van der Waals surface area contributed by atoms with Gasteiger partial charge in [0.2, 0.25) is 0 Å². The van der Waals surface area contributed by atoms with Crippen molar-refractivity contribution in [3.05, 3.63) is 47.7 Å². The summed E-state index contributed by atoms with van der Waals surface area (Å²) < 4.78 is 26.4. The second-order valence-electron chi connectivity index (χ2n) is 3.56. The molecule has 0 aliphatic rings. The van der Waals surface area contributed by atoms with Gasteiger partial charge in [-0.25, -0.2) is 13.8 Å². The van der Waals surface area contributed by atoms with Crippen molar-refractivity contribution in [2.24, 2.45) is 0 Å². The third-order valence-electron chi connectivity index (χ3n) is 2.23. The molecule has 5 heteroatoms. The van der Waals surface area contributed by atoms with Crippen LogP contribution in [0.15, 0.2) is 40.4 Å². The molecule has 0 saturated carbocycles. The van der Waals surface area contributed by atoms with Crippen LogP contribution in [-0.2, 0) is 0 Å². The molecule has 0 aliphatic carbocycles. The molecule has 0 unspecified atom stereocenters. The third kappa shape index (κ3) is 2.74. The molecule has 88 valence electrons. The first-order valence-corrected chi connectivity index (χ1v) is 5.73. The van der Waals surface area contributed by atoms with Crippen LogP contribution in [-0.4, -0.2) is 4.98 Å². The van der Waals surface area contributed by atoms with Crippen LogP contribution in [0.1, 0.15) is 5.56 Å². The Morgan fingerprint density at radius 1 is 1.24 bits per heavy atom. The number of aryl methyl sites for hydroxylation is 1. The van der Waals surface area contributed by atoms with E-state index in [2.05, 4.69) is 4.98 Å². The Morgan fingerprint density at radius 3 is 2.71 bits per heavy atom. The van der Waals surface area contributed by atoms with Crippen LogP contribution in [0.2, 0.25) is 0 Å². The summed E-state index contributed by atoms with van der Waals surface area (Å²) in [5.41, 5.74) is 7.07. The van der Waals surface area contributed by atoms with E-state index in [1.54, 1.807) is 6.07 Å². The zero-order valence-electron chi connectivity index (χ0n) is 9.08. The van der Waals surface area contributed by atoms with Crippen molar-refractivity contribution >= 4 is 17.4 Å². The predicted octanol–water partition coefficient (Wildman–Crippen LogP) is 3.40. The summed E-state index contributed by atoms with van der Waals surface area (Å²) >= 11 is 1.07. The standard InChI is InChI=1S/C12H10F2N2S/c1-7-4-12(16-6-10(7)15)17-11-5-8(13)2-3-9(11)14/h2-6H,15H2,1H3. The van der Waals surface area contributed by atoms with E-state index in [1.165, 1.54) is 6.20 Å². The van der Waals surface area contributed by atoms with Crippen LogP contribution < -0.4 is 5.73 Å². The van der Waals surface area contributed by atoms with Gasteiger partial charge >= 0.3 is 0 Å². The van der Waals surface area contributed by atoms with Gasteiger partial charge in [0.25, 0.3) is 0 Å². The highest BCUT2D eigenvalue weighted by Crippen LogP contribution is 2.30. The zero-order valence-corrected chi connectivity index (χ0v) is 9.89. The number of pyridine rings is 1. The third-order valence-corrected chi connectivity index (χ3v) is 3.20. The average molecular weight is 252 g/mol. The summed E-state index contributed by atoms with van der Waals surface area (Å²) in [4.78, 5) is 4.26. The van der Waals surface area contributed by atoms with Gasteiger partial charge in [0.15, 0.2) is 0 Å². The molecule has 2 nitrogen and oxygen atoms in total. The SMILES string of the molecule is Cc1cc(Sc2cc(F)ccc2F)ncc1N. The van der Waals surface area contributed by atoms with Crippen LogP contribution in [0, 0.1) is 18.6 Å². The van der Waals surface area contributed by atoms with Crippen molar-refractivity contribution in [2.45, 2.75) is 16.8 Å². The number of nitrogen functional groups attached to an aromatic ring is 1. The zero-order chi connectivity index (χ0) is 12.4. The molecule has 2 N–H and O–H groups in total. The van der Waals surface area contributed by atoms with Gasteiger partial charge in [-0.3, -0.25) is 0 Å². The molecule has 0 bridgehead atoms. The predicted molar refractivity (Wildman–Crippen MR) is 63.9 cm³/mol. The second-order valence-corrected chi connectivity index (χ2v) is 4.62. The fourth-order valence-electron chi connectivity index (χ4n) is 1.26. The van der Waals surface area contributed by atoms with E-state index < -0.39 is 11.6 Å². The van der Waals surface area contributed by atoms with Gasteiger partial charge in [-0.1, -0.05) is 11.8 Å². The highest BCUT2D eigenvalue weighted by molar-refractivity contribution is 7.99. The molecule has 1 heterocycles. The van der Waals surface area contributed by atoms with Crippen molar-refractivity contribution in [1.29, 1.82) is 0 Å². The summed E-state index contributed by atoms with van der Waals surface area (Å²) in [5, 5.41) is 0.584. The molecule has 2 aromatic rings. The van der Waals surface area contributed by atoms with E-state index in [9.17, 15) is 8.78 Å². The van der Waals surface area contributed by atoms with Crippen molar-refractivity contribution in [3.8, 4) is 0 Å². The number of benzene rings is 1. The lowest BCUT2D eigenvalue weighted by Crippen LogP contribution is -1.92. The number of halogens is 2. The van der Waals surface area contributed by atoms with Gasteiger partial charge < -0.3 is 5.73 Å². The Bertz CT molecular complexity index is 558. The van der Waals surface area contributed by atoms with Crippen LogP contribution in [0.25, 0.3) is 0 Å². The lowest BCUT2D eigenvalue weighted by Gasteiger charge is -2.05. The van der Waals surface area contributed by atoms with E-state index in [-0.39, 0.29) is 4.90 Å². The van der Waals surface area contributed by atoms with E-state index in [4.69, 9.17) is 5.73 Å². The van der Waals surface area contributed by atoms with Crippen LogP contribution in [0.3, 0.4) is 0 Å². The lowest BCUT2D eigenvalue weighted by molar-refractivity contribution is 0.577. The molecule has 0 atom stereocenters. The number of rotatable bonds is 2. The first-order chi connectivity index (χ1) is 8.06. The number of anilines is 1. The Labute approximate surface area is 102 Å². The fourth-order valence-corrected chi connectivity index (χ4v) is 2.17. The van der Waals surface area contributed by atoms with Crippen molar-refractivity contribution < 1.29 is 8.78 Å². The summed E-state index contributed by atoms with van der Waals surface area (Å²) in [5.74, 6) is -0.936. The highest BCUT2D eigenvalue weighted by Gasteiger charge is 2.07. The number of nitrogens with zero attached hydrogens (tertiary/aromatic N) is 1. The van der Waals surface area contributed by atoms with Crippen LogP contribution in [0.4, 0.5) is 14.5 Å². The molecule has 0 saturated heterocycles. The topological polar surface area (TPSA) is 38.9 Å². The maximum atomic E-state index is 13.4.